The number of ether oxygens (including phenoxy) is 1. The minimum Gasteiger partial charge on any atom is -0.372 e. The van der Waals surface area contributed by atoms with Crippen LogP contribution in [0.5, 0.6) is 0 Å². The number of rotatable bonds is 1. The fourth-order valence-electron chi connectivity index (χ4n) is 1.96. The first-order chi connectivity index (χ1) is 4.88. The van der Waals surface area contributed by atoms with Gasteiger partial charge in [0.2, 0.25) is 0 Å². The van der Waals surface area contributed by atoms with E-state index in [-0.39, 0.29) is 0 Å². The molecule has 0 aromatic heterocycles. The molecule has 0 radical (unpaired) electrons. The van der Waals surface area contributed by atoms with E-state index in [4.69, 9.17) is 4.74 Å². The molecule has 0 spiro atoms. The van der Waals surface area contributed by atoms with Gasteiger partial charge in [0.1, 0.15) is 0 Å². The van der Waals surface area contributed by atoms with Crippen molar-refractivity contribution in [2.45, 2.75) is 32.0 Å². The third-order valence-corrected chi connectivity index (χ3v) is 2.57. The molecule has 2 aliphatic rings. The highest BCUT2D eigenvalue weighted by Gasteiger charge is 2.32. The zero-order valence-electron chi connectivity index (χ0n) is 6.55. The molecule has 2 saturated heterocycles. The standard InChI is InChI=1S/C8H15NO/c1-2-9-5-7-3-4-8(6-9)10-7/h7-8H,2-6H2,1H3/t7-,8+. The Morgan fingerprint density at radius 2 is 1.90 bits per heavy atom. The quantitative estimate of drug-likeness (QED) is 0.537. The molecule has 2 heteroatoms. The van der Waals surface area contributed by atoms with Crippen molar-refractivity contribution in [2.75, 3.05) is 19.6 Å². The van der Waals surface area contributed by atoms with Crippen LogP contribution in [0.1, 0.15) is 19.8 Å². The van der Waals surface area contributed by atoms with Crippen LogP contribution in [0, 0.1) is 0 Å². The number of likely N-dealkylation sites (tertiary alicyclic amines) is 1. The van der Waals surface area contributed by atoms with Crippen molar-refractivity contribution in [1.29, 1.82) is 0 Å². The highest BCUT2D eigenvalue weighted by molar-refractivity contribution is 4.83. The van der Waals surface area contributed by atoms with Gasteiger partial charge in [0.15, 0.2) is 0 Å². The van der Waals surface area contributed by atoms with Crippen LogP contribution in [0.3, 0.4) is 0 Å². The SMILES string of the molecule is CCN1C[C@H]2CC[C@@H](C1)O2. The summed E-state index contributed by atoms with van der Waals surface area (Å²) in [5.41, 5.74) is 0. The monoisotopic (exact) mass is 141 g/mol. The normalized spacial score (nSPS) is 40.5. The summed E-state index contributed by atoms with van der Waals surface area (Å²) in [4.78, 5) is 2.49. The lowest BCUT2D eigenvalue weighted by Crippen LogP contribution is -2.42. The molecule has 2 atom stereocenters. The van der Waals surface area contributed by atoms with Crippen LogP contribution in [0.25, 0.3) is 0 Å². The molecule has 58 valence electrons. The van der Waals surface area contributed by atoms with Crippen LogP contribution >= 0.6 is 0 Å². The lowest BCUT2D eigenvalue weighted by molar-refractivity contribution is -0.0364. The van der Waals surface area contributed by atoms with Crippen molar-refractivity contribution in [3.05, 3.63) is 0 Å². The topological polar surface area (TPSA) is 12.5 Å². The number of hydrogen-bond donors (Lipinski definition) is 0. The number of fused-ring (bicyclic) bond motifs is 2. The van der Waals surface area contributed by atoms with Gasteiger partial charge in [-0.25, -0.2) is 0 Å². The van der Waals surface area contributed by atoms with Crippen LogP contribution < -0.4 is 0 Å². The van der Waals surface area contributed by atoms with E-state index in [0.29, 0.717) is 12.2 Å². The Balaban J connectivity index is 1.96. The second-order valence-corrected chi connectivity index (χ2v) is 3.31. The van der Waals surface area contributed by atoms with Gasteiger partial charge in [-0.3, -0.25) is 4.90 Å². The van der Waals surface area contributed by atoms with Gasteiger partial charge in [-0.15, -0.1) is 0 Å². The van der Waals surface area contributed by atoms with Crippen molar-refractivity contribution in [1.82, 2.24) is 4.90 Å². The molecule has 0 N–H and O–H groups in total. The zero-order chi connectivity index (χ0) is 6.97. The van der Waals surface area contributed by atoms with Crippen LogP contribution in [0.15, 0.2) is 0 Å². The first-order valence-corrected chi connectivity index (χ1v) is 4.26. The molecule has 2 aliphatic heterocycles. The Labute approximate surface area is 62.2 Å². The maximum Gasteiger partial charge on any atom is 0.0707 e. The fraction of sp³-hybridized carbons (Fsp3) is 1.00. The Hall–Kier alpha value is -0.0800. The van der Waals surface area contributed by atoms with E-state index in [1.54, 1.807) is 0 Å². The minimum absolute atomic E-state index is 0.568. The summed E-state index contributed by atoms with van der Waals surface area (Å²) in [6.07, 6.45) is 3.72. The molecule has 2 bridgehead atoms. The van der Waals surface area contributed by atoms with E-state index >= 15 is 0 Å². The van der Waals surface area contributed by atoms with Crippen LogP contribution in [-0.4, -0.2) is 36.7 Å². The summed E-state index contributed by atoms with van der Waals surface area (Å²) < 4.78 is 5.69. The average Bonchev–Trinajstić information content (AvgIpc) is 2.30. The maximum atomic E-state index is 5.69. The molecule has 10 heavy (non-hydrogen) atoms. The third-order valence-electron chi connectivity index (χ3n) is 2.57. The molecule has 2 nitrogen and oxygen atoms in total. The molecule has 2 fully saturated rings. The van der Waals surface area contributed by atoms with E-state index in [1.807, 2.05) is 0 Å². The summed E-state index contributed by atoms with van der Waals surface area (Å²) in [6.45, 7) is 5.76. The molecular formula is C8H15NO. The highest BCUT2D eigenvalue weighted by atomic mass is 16.5. The van der Waals surface area contributed by atoms with Crippen LogP contribution in [0.4, 0.5) is 0 Å². The summed E-state index contributed by atoms with van der Waals surface area (Å²) in [6, 6.07) is 0. The average molecular weight is 141 g/mol. The van der Waals surface area contributed by atoms with E-state index in [2.05, 4.69) is 11.8 Å². The second-order valence-electron chi connectivity index (χ2n) is 3.31. The number of morpholine rings is 1. The zero-order valence-corrected chi connectivity index (χ0v) is 6.55. The van der Waals surface area contributed by atoms with Gasteiger partial charge in [0, 0.05) is 13.1 Å². The third kappa shape index (κ3) is 1.06. The maximum absolute atomic E-state index is 5.69. The molecule has 0 amide bonds. The molecule has 2 heterocycles. The molecular weight excluding hydrogens is 126 g/mol. The van der Waals surface area contributed by atoms with Crippen molar-refractivity contribution < 1.29 is 4.74 Å². The summed E-state index contributed by atoms with van der Waals surface area (Å²) in [5.74, 6) is 0. The molecule has 0 saturated carbocycles. The van der Waals surface area contributed by atoms with E-state index in [1.165, 1.54) is 32.5 Å². The predicted octanol–water partition coefficient (Wildman–Crippen LogP) is 0.869. The minimum atomic E-state index is 0.568. The molecule has 0 aromatic rings. The van der Waals surface area contributed by atoms with Crippen LogP contribution in [0.2, 0.25) is 0 Å². The first-order valence-electron chi connectivity index (χ1n) is 4.26. The number of likely N-dealkylation sites (N-methyl/N-ethyl adjacent to an activating group) is 1. The van der Waals surface area contributed by atoms with Gasteiger partial charge < -0.3 is 4.74 Å². The lowest BCUT2D eigenvalue weighted by atomic mass is 10.2. The molecule has 2 rings (SSSR count). The Kier molecular flexibility index (Phi) is 1.66. The summed E-state index contributed by atoms with van der Waals surface area (Å²) in [7, 11) is 0. The fourth-order valence-corrected chi connectivity index (χ4v) is 1.96. The van der Waals surface area contributed by atoms with Gasteiger partial charge in [-0.1, -0.05) is 6.92 Å². The van der Waals surface area contributed by atoms with Gasteiger partial charge in [-0.05, 0) is 19.4 Å². The van der Waals surface area contributed by atoms with Crippen LogP contribution in [-0.2, 0) is 4.74 Å². The van der Waals surface area contributed by atoms with Crippen molar-refractivity contribution in [3.8, 4) is 0 Å². The first kappa shape index (κ1) is 6.62. The summed E-state index contributed by atoms with van der Waals surface area (Å²) >= 11 is 0. The number of hydrogen-bond acceptors (Lipinski definition) is 2. The molecule has 0 aromatic carbocycles. The lowest BCUT2D eigenvalue weighted by Gasteiger charge is -2.30. The summed E-state index contributed by atoms with van der Waals surface area (Å²) in [5, 5.41) is 0. The Morgan fingerprint density at radius 3 is 2.40 bits per heavy atom. The molecule has 0 unspecified atom stereocenters. The van der Waals surface area contributed by atoms with Gasteiger partial charge in [-0.2, -0.15) is 0 Å². The molecule has 0 aliphatic carbocycles. The largest absolute Gasteiger partial charge is 0.372 e. The predicted molar refractivity (Wildman–Crippen MR) is 40.0 cm³/mol. The van der Waals surface area contributed by atoms with Crippen molar-refractivity contribution in [2.24, 2.45) is 0 Å². The van der Waals surface area contributed by atoms with Gasteiger partial charge >= 0.3 is 0 Å². The van der Waals surface area contributed by atoms with Gasteiger partial charge in [0.25, 0.3) is 0 Å². The Morgan fingerprint density at radius 1 is 1.30 bits per heavy atom. The van der Waals surface area contributed by atoms with E-state index in [9.17, 15) is 0 Å². The van der Waals surface area contributed by atoms with Crippen molar-refractivity contribution in [3.63, 3.8) is 0 Å². The second kappa shape index (κ2) is 2.51. The van der Waals surface area contributed by atoms with E-state index < -0.39 is 0 Å². The highest BCUT2D eigenvalue weighted by Crippen LogP contribution is 2.25. The van der Waals surface area contributed by atoms with Gasteiger partial charge in [0.05, 0.1) is 12.2 Å². The Bertz CT molecular complexity index is 114. The smallest absolute Gasteiger partial charge is 0.0707 e. The van der Waals surface area contributed by atoms with E-state index in [0.717, 1.165) is 0 Å². The van der Waals surface area contributed by atoms with Crippen molar-refractivity contribution >= 4 is 0 Å². The number of nitrogens with zero attached hydrogens (tertiary/aromatic N) is 1.